The van der Waals surface area contributed by atoms with Gasteiger partial charge in [-0.2, -0.15) is 4.99 Å². The van der Waals surface area contributed by atoms with Gasteiger partial charge in [-0.1, -0.05) is 0 Å². The molecule has 0 aliphatic rings. The number of ether oxygens (including phenoxy) is 1. The average Bonchev–Trinajstić information content (AvgIpc) is 2.00. The summed E-state index contributed by atoms with van der Waals surface area (Å²) in [5, 5.41) is 8.68. The lowest BCUT2D eigenvalue weighted by atomic mass is 10.1. The van der Waals surface area contributed by atoms with E-state index in [1.54, 1.807) is 20.8 Å². The number of carboxylic acid groups (broad SMARTS) is 1. The maximum atomic E-state index is 10.7. The molecule has 0 fully saturated rings. The predicted octanol–water partition coefficient (Wildman–Crippen LogP) is 0.299. The van der Waals surface area contributed by atoms with Crippen molar-refractivity contribution in [3.05, 3.63) is 0 Å². The molecular formula is C8H15ClN2O4. The van der Waals surface area contributed by atoms with Gasteiger partial charge in [0.05, 0.1) is 12.2 Å². The van der Waals surface area contributed by atoms with Gasteiger partial charge < -0.3 is 9.84 Å². The van der Waals surface area contributed by atoms with Crippen LogP contribution < -0.4 is 5.73 Å². The summed E-state index contributed by atoms with van der Waals surface area (Å²) in [6.45, 7) is 4.83. The number of aliphatic carboxylic acids is 1. The smallest absolute Gasteiger partial charge is 0.349 e. The number of nitrogens with two attached hydrogens (primary N) is 1. The maximum absolute atomic E-state index is 10.7. The van der Waals surface area contributed by atoms with Crippen LogP contribution in [0.15, 0.2) is 4.99 Å². The van der Waals surface area contributed by atoms with E-state index in [4.69, 9.17) is 15.6 Å². The SMILES string of the molecule is CC(C)(C)OC[C@](N)(N=C=O)C(=O)O.Cl. The van der Waals surface area contributed by atoms with E-state index >= 15 is 0 Å². The van der Waals surface area contributed by atoms with Gasteiger partial charge in [-0.25, -0.2) is 9.59 Å². The van der Waals surface area contributed by atoms with Gasteiger partial charge in [-0.05, 0) is 20.8 Å². The molecule has 6 nitrogen and oxygen atoms in total. The second-order valence-corrected chi connectivity index (χ2v) is 3.83. The van der Waals surface area contributed by atoms with Crippen molar-refractivity contribution in [3.63, 3.8) is 0 Å². The van der Waals surface area contributed by atoms with E-state index in [-0.39, 0.29) is 19.0 Å². The Morgan fingerprint density at radius 2 is 2.00 bits per heavy atom. The summed E-state index contributed by atoms with van der Waals surface area (Å²) in [6, 6.07) is 0. The van der Waals surface area contributed by atoms with E-state index in [9.17, 15) is 9.59 Å². The Labute approximate surface area is 93.9 Å². The van der Waals surface area contributed by atoms with E-state index < -0.39 is 17.2 Å². The Hall–Kier alpha value is -0.940. The molecule has 15 heavy (non-hydrogen) atoms. The maximum Gasteiger partial charge on any atom is 0.349 e. The zero-order chi connectivity index (χ0) is 11.4. The quantitative estimate of drug-likeness (QED) is 0.542. The summed E-state index contributed by atoms with van der Waals surface area (Å²) in [5.41, 5.74) is 2.72. The van der Waals surface area contributed by atoms with Crippen LogP contribution >= 0.6 is 12.4 Å². The molecule has 0 aromatic carbocycles. The van der Waals surface area contributed by atoms with Crippen molar-refractivity contribution in [2.45, 2.75) is 32.0 Å². The monoisotopic (exact) mass is 238 g/mol. The molecule has 0 aliphatic carbocycles. The van der Waals surface area contributed by atoms with Crippen molar-refractivity contribution >= 4 is 24.5 Å². The normalized spacial score (nSPS) is 14.4. The highest BCUT2D eigenvalue weighted by Gasteiger charge is 2.35. The number of halogens is 1. The van der Waals surface area contributed by atoms with Gasteiger partial charge in [-0.15, -0.1) is 12.4 Å². The fraction of sp³-hybridized carbons (Fsp3) is 0.750. The van der Waals surface area contributed by atoms with E-state index in [2.05, 4.69) is 4.99 Å². The molecule has 0 unspecified atom stereocenters. The molecule has 0 radical (unpaired) electrons. The van der Waals surface area contributed by atoms with Gasteiger partial charge in [-0.3, -0.25) is 5.73 Å². The number of carboxylic acids is 1. The lowest BCUT2D eigenvalue weighted by Crippen LogP contribution is -2.51. The van der Waals surface area contributed by atoms with E-state index in [1.165, 1.54) is 0 Å². The second kappa shape index (κ2) is 5.82. The summed E-state index contributed by atoms with van der Waals surface area (Å²) in [7, 11) is 0. The third-order valence-corrected chi connectivity index (χ3v) is 1.34. The third-order valence-electron chi connectivity index (χ3n) is 1.34. The molecule has 0 amide bonds. The van der Waals surface area contributed by atoms with Crippen LogP contribution in [0.3, 0.4) is 0 Å². The molecule has 0 aromatic rings. The Bertz CT molecular complexity index is 266. The summed E-state index contributed by atoms with van der Waals surface area (Å²) in [5.74, 6) is -1.43. The van der Waals surface area contributed by atoms with Crippen LogP contribution in [0.25, 0.3) is 0 Å². The minimum atomic E-state index is -2.05. The van der Waals surface area contributed by atoms with Gasteiger partial charge in [0.2, 0.25) is 11.7 Å². The number of hydrogen-bond acceptors (Lipinski definition) is 5. The van der Waals surface area contributed by atoms with Gasteiger partial charge in [0.1, 0.15) is 0 Å². The first-order valence-corrected chi connectivity index (χ1v) is 3.96. The van der Waals surface area contributed by atoms with Crippen molar-refractivity contribution in [1.29, 1.82) is 0 Å². The van der Waals surface area contributed by atoms with Crippen LogP contribution in [-0.2, 0) is 14.3 Å². The Balaban J connectivity index is 0. The summed E-state index contributed by atoms with van der Waals surface area (Å²) >= 11 is 0. The molecule has 0 heterocycles. The van der Waals surface area contributed by atoms with Crippen LogP contribution in [0.1, 0.15) is 20.8 Å². The van der Waals surface area contributed by atoms with Crippen LogP contribution in [0, 0.1) is 0 Å². The highest BCUT2D eigenvalue weighted by atomic mass is 35.5. The van der Waals surface area contributed by atoms with Crippen LogP contribution in [0.5, 0.6) is 0 Å². The average molecular weight is 239 g/mol. The number of carbonyl (C=O) groups is 1. The van der Waals surface area contributed by atoms with Crippen LogP contribution in [-0.4, -0.2) is 35.0 Å². The lowest BCUT2D eigenvalue weighted by molar-refractivity contribution is -0.147. The van der Waals surface area contributed by atoms with Crippen molar-refractivity contribution < 1.29 is 19.4 Å². The fourth-order valence-electron chi connectivity index (χ4n) is 0.550. The molecule has 7 heteroatoms. The van der Waals surface area contributed by atoms with Gasteiger partial charge in [0, 0.05) is 0 Å². The zero-order valence-electron chi connectivity index (χ0n) is 8.81. The predicted molar refractivity (Wildman–Crippen MR) is 55.6 cm³/mol. The summed E-state index contributed by atoms with van der Waals surface area (Å²) in [4.78, 5) is 23.6. The molecule has 0 aliphatic heterocycles. The molecular weight excluding hydrogens is 224 g/mol. The molecule has 0 saturated heterocycles. The minimum Gasteiger partial charge on any atom is -0.478 e. The molecule has 0 bridgehead atoms. The Kier molecular flexibility index (Phi) is 6.40. The van der Waals surface area contributed by atoms with Gasteiger partial charge in [0.15, 0.2) is 0 Å². The first kappa shape index (κ1) is 16.5. The number of aliphatic imine (C=N–C) groups is 1. The van der Waals surface area contributed by atoms with Gasteiger partial charge in [0.25, 0.3) is 0 Å². The number of nitrogens with zero attached hydrogens (tertiary/aromatic N) is 1. The number of rotatable bonds is 4. The number of carbonyl (C=O) groups excluding carboxylic acids is 1. The first-order valence-electron chi connectivity index (χ1n) is 3.96. The molecule has 88 valence electrons. The molecule has 0 spiro atoms. The Morgan fingerprint density at radius 1 is 1.53 bits per heavy atom. The minimum absolute atomic E-state index is 0. The first-order chi connectivity index (χ1) is 6.21. The standard InChI is InChI=1S/C8H14N2O4.ClH/c1-7(2,3)14-4-8(9,6(12)13)10-5-11;/h4,9H2,1-3H3,(H,12,13);1H/t8-;/m0./s1. The third kappa shape index (κ3) is 6.19. The topological polar surface area (TPSA) is 102 Å². The fourth-order valence-corrected chi connectivity index (χ4v) is 0.550. The molecule has 1 atom stereocenters. The molecule has 3 N–H and O–H groups in total. The second-order valence-electron chi connectivity index (χ2n) is 3.83. The van der Waals surface area contributed by atoms with Crippen molar-refractivity contribution in [1.82, 2.24) is 0 Å². The molecule has 0 aromatic heterocycles. The largest absolute Gasteiger partial charge is 0.478 e. The lowest BCUT2D eigenvalue weighted by Gasteiger charge is -2.25. The number of isocyanates is 1. The highest BCUT2D eigenvalue weighted by Crippen LogP contribution is 2.12. The van der Waals surface area contributed by atoms with Crippen LogP contribution in [0.4, 0.5) is 0 Å². The summed E-state index contributed by atoms with van der Waals surface area (Å²) in [6.07, 6.45) is 1.12. The molecule has 0 rings (SSSR count). The van der Waals surface area contributed by atoms with Crippen LogP contribution in [0.2, 0.25) is 0 Å². The van der Waals surface area contributed by atoms with E-state index in [0.717, 1.165) is 6.08 Å². The van der Waals surface area contributed by atoms with E-state index in [0.29, 0.717) is 0 Å². The van der Waals surface area contributed by atoms with Crippen molar-refractivity contribution in [2.24, 2.45) is 10.7 Å². The highest BCUT2D eigenvalue weighted by molar-refractivity contribution is 5.85. The van der Waals surface area contributed by atoms with Gasteiger partial charge >= 0.3 is 5.97 Å². The summed E-state index contributed by atoms with van der Waals surface area (Å²) < 4.78 is 5.13. The molecule has 0 saturated carbocycles. The van der Waals surface area contributed by atoms with Crippen molar-refractivity contribution in [3.8, 4) is 0 Å². The number of hydrogen-bond donors (Lipinski definition) is 2. The Morgan fingerprint density at radius 3 is 2.27 bits per heavy atom. The zero-order valence-corrected chi connectivity index (χ0v) is 9.63. The van der Waals surface area contributed by atoms with Crippen molar-refractivity contribution in [2.75, 3.05) is 6.61 Å². The van der Waals surface area contributed by atoms with E-state index in [1.807, 2.05) is 0 Å².